The summed E-state index contributed by atoms with van der Waals surface area (Å²) in [5.74, 6) is 0. The molecule has 1 atom stereocenters. The molecule has 1 heterocycles. The third kappa shape index (κ3) is 2.28. The van der Waals surface area contributed by atoms with E-state index in [1.54, 1.807) is 21.3 Å². The van der Waals surface area contributed by atoms with Gasteiger partial charge in [0, 0.05) is 21.3 Å². The molecule has 5 nitrogen and oxygen atoms in total. The van der Waals surface area contributed by atoms with Gasteiger partial charge in [0.25, 0.3) is 0 Å². The van der Waals surface area contributed by atoms with E-state index in [-0.39, 0.29) is 5.67 Å². The Bertz CT molecular complexity index is 267. The van der Waals surface area contributed by atoms with E-state index >= 15 is 0 Å². The van der Waals surface area contributed by atoms with Gasteiger partial charge in [0.15, 0.2) is 5.67 Å². The number of aromatic amines is 1. The highest BCUT2D eigenvalue weighted by molar-refractivity contribution is 6.60. The van der Waals surface area contributed by atoms with Crippen molar-refractivity contribution < 1.29 is 17.8 Å². The minimum atomic E-state index is -2.61. The van der Waals surface area contributed by atoms with Crippen molar-refractivity contribution in [1.82, 2.24) is 4.98 Å². The second kappa shape index (κ2) is 5.41. The third-order valence-corrected chi connectivity index (χ3v) is 5.80. The summed E-state index contributed by atoms with van der Waals surface area (Å²) in [5, 5.41) is 0. The smallest absolute Gasteiger partial charge is 0.374 e. The van der Waals surface area contributed by atoms with E-state index in [4.69, 9.17) is 13.3 Å². The van der Waals surface area contributed by atoms with Crippen molar-refractivity contribution in [1.29, 1.82) is 0 Å². The predicted octanol–water partition coefficient (Wildman–Crippen LogP) is 0.671. The van der Waals surface area contributed by atoms with Crippen LogP contribution < -0.4 is 4.57 Å². The van der Waals surface area contributed by atoms with E-state index in [1.807, 2.05) is 23.3 Å². The minimum absolute atomic E-state index is 0.101. The van der Waals surface area contributed by atoms with E-state index < -0.39 is 8.80 Å². The van der Waals surface area contributed by atoms with Crippen LogP contribution in [0.5, 0.6) is 0 Å². The van der Waals surface area contributed by atoms with Gasteiger partial charge in [-0.3, -0.25) is 4.98 Å². The molecule has 0 amide bonds. The van der Waals surface area contributed by atoms with Crippen LogP contribution in [-0.4, -0.2) is 35.1 Å². The third-order valence-electron chi connectivity index (χ3n) is 2.57. The molecular weight excluding hydrogens is 212 g/mol. The molecule has 86 valence electrons. The van der Waals surface area contributed by atoms with Gasteiger partial charge in [0.2, 0.25) is 6.33 Å². The van der Waals surface area contributed by atoms with Gasteiger partial charge in [-0.2, -0.15) is 0 Å². The molecule has 0 aliphatic rings. The summed E-state index contributed by atoms with van der Waals surface area (Å²) in [6.45, 7) is 2.09. The van der Waals surface area contributed by atoms with Crippen LogP contribution in [0.4, 0.5) is 0 Å². The predicted molar refractivity (Wildman–Crippen MR) is 57.1 cm³/mol. The number of hydrogen-bond donors (Lipinski definition) is 1. The van der Waals surface area contributed by atoms with Crippen LogP contribution in [0.25, 0.3) is 0 Å². The highest BCUT2D eigenvalue weighted by Crippen LogP contribution is 2.21. The van der Waals surface area contributed by atoms with Crippen LogP contribution in [0, 0.1) is 0 Å². The average molecular weight is 231 g/mol. The first-order chi connectivity index (χ1) is 7.24. The van der Waals surface area contributed by atoms with E-state index in [9.17, 15) is 0 Å². The second-order valence-electron chi connectivity index (χ2n) is 3.20. The fourth-order valence-corrected chi connectivity index (χ4v) is 4.14. The van der Waals surface area contributed by atoms with Crippen molar-refractivity contribution >= 4 is 8.80 Å². The number of nitrogens with zero attached hydrogens (tertiary/aromatic N) is 1. The van der Waals surface area contributed by atoms with E-state index in [0.29, 0.717) is 0 Å². The SMILES string of the molecule is CCC([n+]1cc[nH]c1)[Si](OC)(OC)OC. The van der Waals surface area contributed by atoms with E-state index in [2.05, 4.69) is 11.9 Å². The van der Waals surface area contributed by atoms with Gasteiger partial charge in [-0.15, -0.1) is 0 Å². The Morgan fingerprint density at radius 2 is 1.87 bits per heavy atom. The van der Waals surface area contributed by atoms with Crippen molar-refractivity contribution in [2.45, 2.75) is 19.0 Å². The standard InChI is InChI=1S/C9H18N2O3Si/c1-5-9(11-7-6-10-8-11)15(12-2,13-3)14-4/h6-9H,5H2,1-4H3/p+1. The van der Waals surface area contributed by atoms with Gasteiger partial charge in [-0.1, -0.05) is 6.92 Å². The summed E-state index contributed by atoms with van der Waals surface area (Å²) in [6.07, 6.45) is 6.59. The van der Waals surface area contributed by atoms with Gasteiger partial charge < -0.3 is 13.3 Å². The van der Waals surface area contributed by atoms with Gasteiger partial charge in [0.1, 0.15) is 12.4 Å². The van der Waals surface area contributed by atoms with Gasteiger partial charge in [-0.05, 0) is 6.42 Å². The first kappa shape index (κ1) is 12.4. The van der Waals surface area contributed by atoms with Gasteiger partial charge >= 0.3 is 8.80 Å². The van der Waals surface area contributed by atoms with E-state index in [0.717, 1.165) is 6.42 Å². The molecule has 1 unspecified atom stereocenters. The fourth-order valence-electron chi connectivity index (χ4n) is 1.80. The van der Waals surface area contributed by atoms with Crippen LogP contribution in [0.1, 0.15) is 19.0 Å². The molecule has 0 radical (unpaired) electrons. The van der Waals surface area contributed by atoms with Crippen molar-refractivity contribution in [2.24, 2.45) is 0 Å². The monoisotopic (exact) mass is 231 g/mol. The molecular formula is C9H19N2O3Si+. The Kier molecular flexibility index (Phi) is 4.46. The number of aromatic nitrogens is 2. The largest absolute Gasteiger partial charge is 0.547 e. The zero-order chi connectivity index (χ0) is 11.3. The maximum Gasteiger partial charge on any atom is 0.547 e. The van der Waals surface area contributed by atoms with Crippen LogP contribution in [-0.2, 0) is 13.3 Å². The number of nitrogens with one attached hydrogen (secondary N) is 1. The molecule has 1 aromatic heterocycles. The first-order valence-electron chi connectivity index (χ1n) is 4.93. The van der Waals surface area contributed by atoms with Crippen LogP contribution in [0.2, 0.25) is 0 Å². The molecule has 0 saturated heterocycles. The Morgan fingerprint density at radius 1 is 1.27 bits per heavy atom. The molecule has 0 saturated carbocycles. The van der Waals surface area contributed by atoms with E-state index in [1.165, 1.54) is 0 Å². The number of H-pyrrole nitrogens is 1. The summed E-state index contributed by atoms with van der Waals surface area (Å²) in [4.78, 5) is 3.01. The van der Waals surface area contributed by atoms with Crippen molar-refractivity contribution in [3.05, 3.63) is 18.7 Å². The Labute approximate surface area is 91.4 Å². The Morgan fingerprint density at radius 3 is 2.20 bits per heavy atom. The van der Waals surface area contributed by atoms with Crippen molar-refractivity contribution in [3.63, 3.8) is 0 Å². The average Bonchev–Trinajstić information content (AvgIpc) is 2.79. The number of imidazole rings is 1. The minimum Gasteiger partial charge on any atom is -0.374 e. The number of hydrogen-bond acceptors (Lipinski definition) is 3. The lowest BCUT2D eigenvalue weighted by atomic mass is 10.5. The zero-order valence-corrected chi connectivity index (χ0v) is 10.7. The first-order valence-corrected chi connectivity index (χ1v) is 6.73. The highest BCUT2D eigenvalue weighted by Gasteiger charge is 2.50. The molecule has 0 bridgehead atoms. The lowest BCUT2D eigenvalue weighted by Gasteiger charge is -2.29. The molecule has 1 aromatic rings. The zero-order valence-electron chi connectivity index (χ0n) is 9.69. The molecule has 0 aromatic carbocycles. The topological polar surface area (TPSA) is 47.4 Å². The van der Waals surface area contributed by atoms with Gasteiger partial charge in [0.05, 0.1) is 0 Å². The highest BCUT2D eigenvalue weighted by atomic mass is 28.4. The molecule has 0 spiro atoms. The van der Waals surface area contributed by atoms with Crippen molar-refractivity contribution in [2.75, 3.05) is 21.3 Å². The molecule has 0 aliphatic heterocycles. The summed E-state index contributed by atoms with van der Waals surface area (Å²) >= 11 is 0. The quantitative estimate of drug-likeness (QED) is 0.578. The lowest BCUT2D eigenvalue weighted by Crippen LogP contribution is -2.60. The molecule has 1 rings (SSSR count). The summed E-state index contributed by atoms with van der Waals surface area (Å²) < 4.78 is 18.4. The summed E-state index contributed by atoms with van der Waals surface area (Å²) in [6, 6.07) is 0. The molecule has 0 fully saturated rings. The Balaban J connectivity index is 2.98. The maximum atomic E-state index is 5.47. The lowest BCUT2D eigenvalue weighted by molar-refractivity contribution is -0.709. The second-order valence-corrected chi connectivity index (χ2v) is 6.30. The molecule has 6 heteroatoms. The fraction of sp³-hybridized carbons (Fsp3) is 0.667. The van der Waals surface area contributed by atoms with Crippen molar-refractivity contribution in [3.8, 4) is 0 Å². The van der Waals surface area contributed by atoms with Crippen LogP contribution >= 0.6 is 0 Å². The van der Waals surface area contributed by atoms with Crippen LogP contribution in [0.15, 0.2) is 18.7 Å². The van der Waals surface area contributed by atoms with Gasteiger partial charge in [-0.25, -0.2) is 4.57 Å². The Hall–Kier alpha value is -0.693. The number of rotatable bonds is 6. The molecule has 0 aliphatic carbocycles. The molecule has 1 N–H and O–H groups in total. The van der Waals surface area contributed by atoms with Crippen LogP contribution in [0.3, 0.4) is 0 Å². The normalized spacial score (nSPS) is 14.1. The maximum absolute atomic E-state index is 5.47. The summed E-state index contributed by atoms with van der Waals surface area (Å²) in [5.41, 5.74) is 0.101. The molecule has 15 heavy (non-hydrogen) atoms. The summed E-state index contributed by atoms with van der Waals surface area (Å²) in [7, 11) is 2.29.